The van der Waals surface area contributed by atoms with Crippen LogP contribution in [0.4, 0.5) is 5.13 Å². The summed E-state index contributed by atoms with van der Waals surface area (Å²) in [6.45, 7) is 3.54. The van der Waals surface area contributed by atoms with E-state index in [0.29, 0.717) is 5.91 Å². The molecular weight excluding hydrogens is 316 g/mol. The maximum Gasteiger partial charge on any atom is 0.227 e. The van der Waals surface area contributed by atoms with Crippen LogP contribution in [0, 0.1) is 5.92 Å². The molecule has 0 saturated carbocycles. The van der Waals surface area contributed by atoms with E-state index in [0.717, 1.165) is 59.5 Å². The zero-order valence-corrected chi connectivity index (χ0v) is 13.9. The van der Waals surface area contributed by atoms with Crippen LogP contribution >= 0.6 is 23.1 Å². The van der Waals surface area contributed by atoms with Gasteiger partial charge in [0.05, 0.1) is 16.8 Å². The maximum absolute atomic E-state index is 12.6. The summed E-state index contributed by atoms with van der Waals surface area (Å²) in [5.41, 5.74) is 0.949. The minimum Gasteiger partial charge on any atom is -0.347 e. The molecule has 0 N–H and O–H groups in total. The molecule has 1 atom stereocenters. The van der Waals surface area contributed by atoms with Crippen molar-refractivity contribution in [3.05, 3.63) is 18.5 Å². The summed E-state index contributed by atoms with van der Waals surface area (Å²) < 4.78 is 1.16. The Kier molecular flexibility index (Phi) is 3.92. The van der Waals surface area contributed by atoms with Gasteiger partial charge >= 0.3 is 0 Å². The topological polar surface area (TPSA) is 49.3 Å². The molecule has 2 aromatic rings. The smallest absolute Gasteiger partial charge is 0.227 e. The quantitative estimate of drug-likeness (QED) is 0.842. The Bertz CT molecular complexity index is 650. The van der Waals surface area contributed by atoms with Gasteiger partial charge in [-0.3, -0.25) is 9.78 Å². The standard InChI is InChI=1S/C15H18N4OS2/c20-14(18-5-7-21-8-6-18)11-2-4-19(10-11)15-17-12-9-16-3-1-13(12)22-15/h1,3,9,11H,2,4-8,10H2. The third-order valence-electron chi connectivity index (χ3n) is 4.31. The van der Waals surface area contributed by atoms with E-state index in [4.69, 9.17) is 0 Å². The molecule has 0 bridgehead atoms. The van der Waals surface area contributed by atoms with Crippen molar-refractivity contribution < 1.29 is 4.79 Å². The highest BCUT2D eigenvalue weighted by molar-refractivity contribution is 7.99. The van der Waals surface area contributed by atoms with Gasteiger partial charge in [0.1, 0.15) is 5.52 Å². The lowest BCUT2D eigenvalue weighted by Crippen LogP contribution is -2.42. The van der Waals surface area contributed by atoms with Crippen molar-refractivity contribution in [1.82, 2.24) is 14.9 Å². The summed E-state index contributed by atoms with van der Waals surface area (Å²) in [7, 11) is 0. The molecule has 0 spiro atoms. The number of anilines is 1. The number of thiazole rings is 1. The Morgan fingerprint density at radius 2 is 2.14 bits per heavy atom. The Labute approximate surface area is 137 Å². The van der Waals surface area contributed by atoms with Crippen molar-refractivity contribution in [3.63, 3.8) is 0 Å². The molecule has 0 aliphatic carbocycles. The number of hydrogen-bond donors (Lipinski definition) is 0. The third-order valence-corrected chi connectivity index (χ3v) is 6.35. The summed E-state index contributed by atoms with van der Waals surface area (Å²) in [6, 6.07) is 2.00. The molecule has 2 saturated heterocycles. The summed E-state index contributed by atoms with van der Waals surface area (Å²) >= 11 is 3.63. The number of thioether (sulfide) groups is 1. The van der Waals surface area contributed by atoms with Crippen LogP contribution in [0.2, 0.25) is 0 Å². The monoisotopic (exact) mass is 334 g/mol. The van der Waals surface area contributed by atoms with Crippen LogP contribution in [0.1, 0.15) is 6.42 Å². The van der Waals surface area contributed by atoms with Gasteiger partial charge in [-0.2, -0.15) is 11.8 Å². The predicted octanol–water partition coefficient (Wildman–Crippen LogP) is 2.09. The summed E-state index contributed by atoms with van der Waals surface area (Å²) in [6.07, 6.45) is 4.55. The Morgan fingerprint density at radius 1 is 1.27 bits per heavy atom. The number of rotatable bonds is 2. The second-order valence-electron chi connectivity index (χ2n) is 5.71. The molecular formula is C15H18N4OS2. The fourth-order valence-electron chi connectivity index (χ4n) is 3.08. The number of aromatic nitrogens is 2. The van der Waals surface area contributed by atoms with Crippen molar-refractivity contribution in [2.24, 2.45) is 5.92 Å². The molecule has 0 aromatic carbocycles. The molecule has 1 unspecified atom stereocenters. The first-order chi connectivity index (χ1) is 10.8. The van der Waals surface area contributed by atoms with E-state index in [1.54, 1.807) is 23.7 Å². The van der Waals surface area contributed by atoms with Gasteiger partial charge in [-0.1, -0.05) is 11.3 Å². The number of carbonyl (C=O) groups excluding carboxylic acids is 1. The molecule has 2 aromatic heterocycles. The lowest BCUT2D eigenvalue weighted by molar-refractivity contribution is -0.134. The van der Waals surface area contributed by atoms with Gasteiger partial charge in [0.25, 0.3) is 0 Å². The average Bonchev–Trinajstić information content (AvgIpc) is 3.21. The first-order valence-electron chi connectivity index (χ1n) is 7.63. The van der Waals surface area contributed by atoms with Crippen molar-refractivity contribution in [1.29, 1.82) is 0 Å². The predicted molar refractivity (Wildman–Crippen MR) is 91.6 cm³/mol. The van der Waals surface area contributed by atoms with E-state index >= 15 is 0 Å². The summed E-state index contributed by atoms with van der Waals surface area (Å²) in [5.74, 6) is 2.62. The molecule has 5 nitrogen and oxygen atoms in total. The minimum absolute atomic E-state index is 0.133. The van der Waals surface area contributed by atoms with Crippen LogP contribution in [0.15, 0.2) is 18.5 Å². The molecule has 2 aliphatic heterocycles. The zero-order valence-electron chi connectivity index (χ0n) is 12.3. The second-order valence-corrected chi connectivity index (χ2v) is 7.94. The van der Waals surface area contributed by atoms with Gasteiger partial charge in [0.2, 0.25) is 5.91 Å². The first-order valence-corrected chi connectivity index (χ1v) is 9.60. The fraction of sp³-hybridized carbons (Fsp3) is 0.533. The number of nitrogens with zero attached hydrogens (tertiary/aromatic N) is 4. The van der Waals surface area contributed by atoms with Crippen molar-refractivity contribution in [2.45, 2.75) is 6.42 Å². The average molecular weight is 334 g/mol. The van der Waals surface area contributed by atoms with E-state index in [9.17, 15) is 4.79 Å². The van der Waals surface area contributed by atoms with E-state index in [1.165, 1.54) is 0 Å². The van der Waals surface area contributed by atoms with Gasteiger partial charge in [-0.05, 0) is 12.5 Å². The van der Waals surface area contributed by atoms with Crippen LogP contribution in [-0.2, 0) is 4.79 Å². The van der Waals surface area contributed by atoms with E-state index < -0.39 is 0 Å². The van der Waals surface area contributed by atoms with E-state index in [1.807, 2.05) is 22.7 Å². The highest BCUT2D eigenvalue weighted by atomic mass is 32.2. The van der Waals surface area contributed by atoms with Gasteiger partial charge in [0.15, 0.2) is 5.13 Å². The van der Waals surface area contributed by atoms with Crippen LogP contribution < -0.4 is 4.90 Å². The number of fused-ring (bicyclic) bond motifs is 1. The van der Waals surface area contributed by atoms with Gasteiger partial charge in [-0.15, -0.1) is 0 Å². The van der Waals surface area contributed by atoms with Crippen LogP contribution in [-0.4, -0.2) is 58.5 Å². The third kappa shape index (κ3) is 2.67. The van der Waals surface area contributed by atoms with Crippen LogP contribution in [0.3, 0.4) is 0 Å². The van der Waals surface area contributed by atoms with Gasteiger partial charge in [-0.25, -0.2) is 4.98 Å². The lowest BCUT2D eigenvalue weighted by Gasteiger charge is -2.28. The molecule has 0 radical (unpaired) electrons. The number of amides is 1. The molecule has 2 fully saturated rings. The van der Waals surface area contributed by atoms with Crippen molar-refractivity contribution in [3.8, 4) is 0 Å². The second kappa shape index (κ2) is 6.04. The highest BCUT2D eigenvalue weighted by Crippen LogP contribution is 2.32. The molecule has 4 rings (SSSR count). The van der Waals surface area contributed by atoms with E-state index in [-0.39, 0.29) is 5.92 Å². The largest absolute Gasteiger partial charge is 0.347 e. The van der Waals surface area contributed by atoms with Crippen LogP contribution in [0.5, 0.6) is 0 Å². The Balaban J connectivity index is 1.46. The SMILES string of the molecule is O=C(C1CCN(c2nc3cnccc3s2)C1)N1CCSCC1. The first kappa shape index (κ1) is 14.3. The molecule has 4 heterocycles. The van der Waals surface area contributed by atoms with Crippen molar-refractivity contribution in [2.75, 3.05) is 42.6 Å². The lowest BCUT2D eigenvalue weighted by atomic mass is 10.1. The van der Waals surface area contributed by atoms with Crippen molar-refractivity contribution >= 4 is 44.4 Å². The van der Waals surface area contributed by atoms with Gasteiger partial charge in [0, 0.05) is 43.9 Å². The number of pyridine rings is 1. The highest BCUT2D eigenvalue weighted by Gasteiger charge is 2.33. The Hall–Kier alpha value is -1.34. The molecule has 22 heavy (non-hydrogen) atoms. The summed E-state index contributed by atoms with van der Waals surface area (Å²) in [5, 5.41) is 1.02. The number of carbonyl (C=O) groups is 1. The van der Waals surface area contributed by atoms with Crippen LogP contribution in [0.25, 0.3) is 10.2 Å². The Morgan fingerprint density at radius 3 is 2.95 bits per heavy atom. The summed E-state index contributed by atoms with van der Waals surface area (Å²) in [4.78, 5) is 25.7. The minimum atomic E-state index is 0.133. The molecule has 116 valence electrons. The molecule has 7 heteroatoms. The normalized spacial score (nSPS) is 22.5. The molecule has 2 aliphatic rings. The fourth-order valence-corrected chi connectivity index (χ4v) is 4.95. The van der Waals surface area contributed by atoms with Gasteiger partial charge < -0.3 is 9.80 Å². The van der Waals surface area contributed by atoms with E-state index in [2.05, 4.69) is 14.9 Å². The maximum atomic E-state index is 12.6. The molecule has 1 amide bonds. The number of hydrogen-bond acceptors (Lipinski definition) is 6. The zero-order chi connectivity index (χ0) is 14.9.